The van der Waals surface area contributed by atoms with Gasteiger partial charge in [0.2, 0.25) is 5.91 Å². The zero-order valence-corrected chi connectivity index (χ0v) is 8.62. The molecule has 76 valence electrons. The first-order valence-corrected chi connectivity index (χ1v) is 5.19. The predicted molar refractivity (Wildman–Crippen MR) is 53.2 cm³/mol. The molecule has 2 N–H and O–H groups in total. The molecule has 1 saturated heterocycles. The molecule has 2 atom stereocenters. The van der Waals surface area contributed by atoms with Crippen molar-refractivity contribution in [1.29, 1.82) is 0 Å². The van der Waals surface area contributed by atoms with E-state index in [9.17, 15) is 4.79 Å². The SMILES string of the molecule is CCC1CCCN(C(=O)[C@@H](C)N)C1. The van der Waals surface area contributed by atoms with Crippen molar-refractivity contribution in [2.75, 3.05) is 13.1 Å². The Balaban J connectivity index is 2.46. The van der Waals surface area contributed by atoms with E-state index in [0.717, 1.165) is 19.5 Å². The molecule has 1 amide bonds. The molecule has 1 heterocycles. The van der Waals surface area contributed by atoms with Crippen LogP contribution in [-0.2, 0) is 4.79 Å². The lowest BCUT2D eigenvalue weighted by Gasteiger charge is -2.33. The average molecular weight is 184 g/mol. The van der Waals surface area contributed by atoms with E-state index in [1.54, 1.807) is 6.92 Å². The van der Waals surface area contributed by atoms with Gasteiger partial charge in [-0.25, -0.2) is 0 Å². The molecule has 0 bridgehead atoms. The number of carbonyl (C=O) groups is 1. The molecule has 1 aliphatic heterocycles. The zero-order valence-electron chi connectivity index (χ0n) is 8.62. The molecule has 13 heavy (non-hydrogen) atoms. The van der Waals surface area contributed by atoms with Gasteiger partial charge < -0.3 is 10.6 Å². The number of nitrogens with zero attached hydrogens (tertiary/aromatic N) is 1. The maximum absolute atomic E-state index is 11.6. The van der Waals surface area contributed by atoms with Crippen LogP contribution in [0.15, 0.2) is 0 Å². The summed E-state index contributed by atoms with van der Waals surface area (Å²) in [6.45, 7) is 5.76. The van der Waals surface area contributed by atoms with E-state index in [1.807, 2.05) is 4.90 Å². The molecule has 0 aromatic rings. The van der Waals surface area contributed by atoms with Gasteiger partial charge >= 0.3 is 0 Å². The molecule has 0 spiro atoms. The summed E-state index contributed by atoms with van der Waals surface area (Å²) in [5, 5.41) is 0. The fourth-order valence-electron chi connectivity index (χ4n) is 1.89. The molecule has 1 rings (SSSR count). The first-order valence-electron chi connectivity index (χ1n) is 5.19. The van der Waals surface area contributed by atoms with Crippen LogP contribution >= 0.6 is 0 Å². The third-order valence-electron chi connectivity index (χ3n) is 2.80. The smallest absolute Gasteiger partial charge is 0.239 e. The van der Waals surface area contributed by atoms with Gasteiger partial charge in [0.15, 0.2) is 0 Å². The van der Waals surface area contributed by atoms with Crippen molar-refractivity contribution in [2.45, 2.75) is 39.2 Å². The monoisotopic (exact) mass is 184 g/mol. The normalized spacial score (nSPS) is 25.8. The van der Waals surface area contributed by atoms with Gasteiger partial charge in [-0.2, -0.15) is 0 Å². The van der Waals surface area contributed by atoms with Gasteiger partial charge in [0.05, 0.1) is 6.04 Å². The summed E-state index contributed by atoms with van der Waals surface area (Å²) in [5.74, 6) is 0.801. The lowest BCUT2D eigenvalue weighted by molar-refractivity contribution is -0.134. The van der Waals surface area contributed by atoms with Gasteiger partial charge in [0.25, 0.3) is 0 Å². The summed E-state index contributed by atoms with van der Waals surface area (Å²) >= 11 is 0. The highest BCUT2D eigenvalue weighted by atomic mass is 16.2. The zero-order chi connectivity index (χ0) is 9.84. The molecule has 3 heteroatoms. The molecular weight excluding hydrogens is 164 g/mol. The number of rotatable bonds is 2. The van der Waals surface area contributed by atoms with E-state index in [1.165, 1.54) is 12.8 Å². The van der Waals surface area contributed by atoms with Crippen molar-refractivity contribution in [3.63, 3.8) is 0 Å². The maximum Gasteiger partial charge on any atom is 0.239 e. The van der Waals surface area contributed by atoms with Crippen molar-refractivity contribution in [2.24, 2.45) is 11.7 Å². The van der Waals surface area contributed by atoms with Crippen LogP contribution in [0.2, 0.25) is 0 Å². The molecular formula is C10H20N2O. The van der Waals surface area contributed by atoms with E-state index in [-0.39, 0.29) is 11.9 Å². The molecule has 1 unspecified atom stereocenters. The second kappa shape index (κ2) is 4.61. The Morgan fingerprint density at radius 2 is 2.38 bits per heavy atom. The van der Waals surface area contributed by atoms with Crippen LogP contribution in [-0.4, -0.2) is 29.9 Å². The van der Waals surface area contributed by atoms with Crippen LogP contribution in [0.3, 0.4) is 0 Å². The van der Waals surface area contributed by atoms with Gasteiger partial charge in [0.1, 0.15) is 0 Å². The number of hydrogen-bond acceptors (Lipinski definition) is 2. The Kier molecular flexibility index (Phi) is 3.72. The number of piperidine rings is 1. The van der Waals surface area contributed by atoms with Crippen LogP contribution in [0.4, 0.5) is 0 Å². The second-order valence-electron chi connectivity index (χ2n) is 3.99. The Bertz CT molecular complexity index is 180. The van der Waals surface area contributed by atoms with Crippen LogP contribution in [0.1, 0.15) is 33.1 Å². The Hall–Kier alpha value is -0.570. The fourth-order valence-corrected chi connectivity index (χ4v) is 1.89. The highest BCUT2D eigenvalue weighted by Crippen LogP contribution is 2.19. The fraction of sp³-hybridized carbons (Fsp3) is 0.900. The number of nitrogens with two attached hydrogens (primary N) is 1. The van der Waals surface area contributed by atoms with E-state index in [2.05, 4.69) is 6.92 Å². The molecule has 0 radical (unpaired) electrons. The Labute approximate surface area is 80.3 Å². The standard InChI is InChI=1S/C10H20N2O/c1-3-9-5-4-6-12(7-9)10(13)8(2)11/h8-9H,3-7,11H2,1-2H3/t8-,9?/m1/s1. The van der Waals surface area contributed by atoms with Gasteiger partial charge in [-0.1, -0.05) is 13.3 Å². The average Bonchev–Trinajstić information content (AvgIpc) is 2.16. The molecule has 0 saturated carbocycles. The molecule has 3 nitrogen and oxygen atoms in total. The number of amides is 1. The lowest BCUT2D eigenvalue weighted by Crippen LogP contribution is -2.46. The lowest BCUT2D eigenvalue weighted by atomic mass is 9.95. The van der Waals surface area contributed by atoms with E-state index < -0.39 is 0 Å². The van der Waals surface area contributed by atoms with Crippen molar-refractivity contribution in [3.8, 4) is 0 Å². The number of carbonyl (C=O) groups excluding carboxylic acids is 1. The summed E-state index contributed by atoms with van der Waals surface area (Å²) < 4.78 is 0. The first-order chi connectivity index (χ1) is 6.15. The summed E-state index contributed by atoms with van der Waals surface area (Å²) in [5.41, 5.74) is 5.56. The predicted octanol–water partition coefficient (Wildman–Crippen LogP) is 0.982. The largest absolute Gasteiger partial charge is 0.341 e. The third-order valence-corrected chi connectivity index (χ3v) is 2.80. The van der Waals surface area contributed by atoms with Crippen molar-refractivity contribution >= 4 is 5.91 Å². The van der Waals surface area contributed by atoms with Crippen LogP contribution in [0.25, 0.3) is 0 Å². The Morgan fingerprint density at radius 1 is 1.69 bits per heavy atom. The van der Waals surface area contributed by atoms with Gasteiger partial charge in [0, 0.05) is 13.1 Å². The number of likely N-dealkylation sites (tertiary alicyclic amines) is 1. The highest BCUT2D eigenvalue weighted by Gasteiger charge is 2.23. The summed E-state index contributed by atoms with van der Waals surface area (Å²) in [6.07, 6.45) is 3.57. The molecule has 0 aromatic carbocycles. The molecule has 1 fully saturated rings. The summed E-state index contributed by atoms with van der Waals surface area (Å²) in [6, 6.07) is -0.337. The highest BCUT2D eigenvalue weighted by molar-refractivity contribution is 5.81. The molecule has 0 aromatic heterocycles. The third kappa shape index (κ3) is 2.69. The van der Waals surface area contributed by atoms with Crippen molar-refractivity contribution < 1.29 is 4.79 Å². The van der Waals surface area contributed by atoms with E-state index >= 15 is 0 Å². The van der Waals surface area contributed by atoms with Gasteiger partial charge in [-0.15, -0.1) is 0 Å². The minimum Gasteiger partial charge on any atom is -0.341 e. The summed E-state index contributed by atoms with van der Waals surface area (Å²) in [7, 11) is 0. The van der Waals surface area contributed by atoms with Crippen LogP contribution < -0.4 is 5.73 Å². The minimum atomic E-state index is -0.337. The summed E-state index contributed by atoms with van der Waals surface area (Å²) in [4.78, 5) is 13.5. The van der Waals surface area contributed by atoms with Crippen LogP contribution in [0, 0.1) is 5.92 Å². The minimum absolute atomic E-state index is 0.109. The second-order valence-corrected chi connectivity index (χ2v) is 3.99. The van der Waals surface area contributed by atoms with Gasteiger partial charge in [-0.05, 0) is 25.7 Å². The quantitative estimate of drug-likeness (QED) is 0.695. The van der Waals surface area contributed by atoms with Crippen molar-refractivity contribution in [1.82, 2.24) is 4.90 Å². The molecule has 1 aliphatic rings. The van der Waals surface area contributed by atoms with E-state index in [0.29, 0.717) is 5.92 Å². The van der Waals surface area contributed by atoms with Gasteiger partial charge in [-0.3, -0.25) is 4.79 Å². The van der Waals surface area contributed by atoms with Crippen molar-refractivity contribution in [3.05, 3.63) is 0 Å². The van der Waals surface area contributed by atoms with E-state index in [4.69, 9.17) is 5.73 Å². The molecule has 0 aliphatic carbocycles. The number of hydrogen-bond donors (Lipinski definition) is 1. The maximum atomic E-state index is 11.6. The topological polar surface area (TPSA) is 46.3 Å². The Morgan fingerprint density at radius 3 is 2.92 bits per heavy atom. The van der Waals surface area contributed by atoms with Crippen LogP contribution in [0.5, 0.6) is 0 Å². The first kappa shape index (κ1) is 10.5.